The van der Waals surface area contributed by atoms with Crippen molar-refractivity contribution in [3.05, 3.63) is 64.0 Å². The third-order valence-corrected chi connectivity index (χ3v) is 6.86. The van der Waals surface area contributed by atoms with Gasteiger partial charge in [-0.05, 0) is 58.6 Å². The minimum atomic E-state index is -4.49. The highest BCUT2D eigenvalue weighted by Gasteiger charge is 2.38. The van der Waals surface area contributed by atoms with Crippen molar-refractivity contribution in [2.45, 2.75) is 50.1 Å². The minimum absolute atomic E-state index is 0.0451. The number of para-hydroxylation sites is 1. The van der Waals surface area contributed by atoms with Crippen LogP contribution in [0, 0.1) is 0 Å². The molecule has 3 N–H and O–H groups in total. The molecule has 0 spiro atoms. The van der Waals surface area contributed by atoms with Crippen LogP contribution in [-0.4, -0.2) is 27.2 Å². The summed E-state index contributed by atoms with van der Waals surface area (Å²) in [6.45, 7) is 0. The van der Waals surface area contributed by atoms with Gasteiger partial charge in [0.15, 0.2) is 0 Å². The predicted octanol–water partition coefficient (Wildman–Crippen LogP) is 6.52. The summed E-state index contributed by atoms with van der Waals surface area (Å²) in [4.78, 5) is 24.5. The molecule has 0 unspecified atom stereocenters. The number of rotatable bonds is 7. The maximum absolute atomic E-state index is 12.9. The van der Waals surface area contributed by atoms with Crippen LogP contribution in [-0.2, 0) is 16.4 Å². The predicted molar refractivity (Wildman–Crippen MR) is 128 cm³/mol. The molecule has 12 heteroatoms. The zero-order valence-corrected chi connectivity index (χ0v) is 20.4. The van der Waals surface area contributed by atoms with Crippen LogP contribution in [0.4, 0.5) is 30.6 Å². The first-order chi connectivity index (χ1) is 17.1. The quantitative estimate of drug-likeness (QED) is 0.298. The third-order valence-electron chi connectivity index (χ3n) is 6.20. The number of aliphatic carboxylic acids is 1. The largest absolute Gasteiger partial charge is 0.481 e. The van der Waals surface area contributed by atoms with Crippen molar-refractivity contribution in [1.29, 1.82) is 0 Å². The number of anilines is 3. The maximum atomic E-state index is 12.9. The van der Waals surface area contributed by atoms with Crippen molar-refractivity contribution in [1.82, 2.24) is 10.2 Å². The van der Waals surface area contributed by atoms with Gasteiger partial charge in [-0.3, -0.25) is 9.59 Å². The molecule has 190 valence electrons. The Kier molecular flexibility index (Phi) is 7.34. The summed E-state index contributed by atoms with van der Waals surface area (Å²) in [5, 5.41) is 22.4. The molecule has 0 aliphatic heterocycles. The molecule has 0 radical (unpaired) electrons. The van der Waals surface area contributed by atoms with Crippen molar-refractivity contribution >= 4 is 45.2 Å². The Bertz CT molecular complexity index is 1270. The van der Waals surface area contributed by atoms with Crippen LogP contribution in [0.2, 0.25) is 0 Å². The Morgan fingerprint density at radius 1 is 1.06 bits per heavy atom. The topological polar surface area (TPSA) is 117 Å². The summed E-state index contributed by atoms with van der Waals surface area (Å²) >= 11 is 3.07. The second-order valence-corrected chi connectivity index (χ2v) is 9.50. The van der Waals surface area contributed by atoms with Crippen LogP contribution in [0.1, 0.15) is 60.3 Å². The summed E-state index contributed by atoms with van der Waals surface area (Å²) in [6, 6.07) is 9.86. The zero-order chi connectivity index (χ0) is 25.9. The summed E-state index contributed by atoms with van der Waals surface area (Å²) in [5.74, 6) is -1.97. The number of aromatic nitrogens is 2. The van der Waals surface area contributed by atoms with Gasteiger partial charge in [-0.15, -0.1) is 5.10 Å². The lowest BCUT2D eigenvalue weighted by atomic mass is 9.67. The molecule has 1 aromatic heterocycles. The van der Waals surface area contributed by atoms with E-state index in [1.807, 2.05) is 6.07 Å². The average molecular weight is 567 g/mol. The molecule has 0 bridgehead atoms. The van der Waals surface area contributed by atoms with Crippen molar-refractivity contribution in [3.63, 3.8) is 0 Å². The van der Waals surface area contributed by atoms with Gasteiger partial charge in [-0.2, -0.15) is 13.2 Å². The molecule has 0 saturated heterocycles. The van der Waals surface area contributed by atoms with Gasteiger partial charge in [-0.1, -0.05) is 42.6 Å². The van der Waals surface area contributed by atoms with E-state index in [0.29, 0.717) is 18.5 Å². The summed E-state index contributed by atoms with van der Waals surface area (Å²) in [6.07, 6.45) is -0.319. The number of carbonyl (C=O) groups is 2. The second-order valence-electron chi connectivity index (χ2n) is 8.64. The van der Waals surface area contributed by atoms with Gasteiger partial charge in [0, 0.05) is 15.6 Å². The number of carboxylic acids is 1. The Morgan fingerprint density at radius 2 is 1.78 bits per heavy atom. The minimum Gasteiger partial charge on any atom is -0.481 e. The van der Waals surface area contributed by atoms with E-state index in [4.69, 9.17) is 4.42 Å². The van der Waals surface area contributed by atoms with Gasteiger partial charge in [0.25, 0.3) is 0 Å². The molecule has 0 atom stereocenters. The number of nitrogens with one attached hydrogen (secondary N) is 2. The number of benzene rings is 2. The molecule has 8 nitrogen and oxygen atoms in total. The van der Waals surface area contributed by atoms with Crippen LogP contribution < -0.4 is 10.6 Å². The fourth-order valence-corrected chi connectivity index (χ4v) is 5.04. The van der Waals surface area contributed by atoms with Crippen LogP contribution >= 0.6 is 15.9 Å². The van der Waals surface area contributed by atoms with E-state index >= 15 is 0 Å². The number of carboxylic acid groups (broad SMARTS) is 1. The lowest BCUT2D eigenvalue weighted by Gasteiger charge is -2.38. The Balaban J connectivity index is 1.52. The third kappa shape index (κ3) is 5.69. The zero-order valence-electron chi connectivity index (χ0n) is 18.9. The first-order valence-corrected chi connectivity index (χ1v) is 12.0. The second kappa shape index (κ2) is 10.3. The average Bonchev–Trinajstić information content (AvgIpc) is 3.29. The number of nitrogens with zero attached hydrogens (tertiary/aromatic N) is 2. The highest BCUT2D eigenvalue weighted by molar-refractivity contribution is 9.10. The highest BCUT2D eigenvalue weighted by atomic mass is 79.9. The maximum Gasteiger partial charge on any atom is 0.416 e. The summed E-state index contributed by atoms with van der Waals surface area (Å²) in [7, 11) is 0. The Morgan fingerprint density at radius 3 is 2.44 bits per heavy atom. The van der Waals surface area contributed by atoms with Crippen LogP contribution in [0.15, 0.2) is 51.4 Å². The van der Waals surface area contributed by atoms with Gasteiger partial charge >= 0.3 is 30.0 Å². The van der Waals surface area contributed by atoms with E-state index < -0.39 is 29.0 Å². The highest BCUT2D eigenvalue weighted by Crippen LogP contribution is 2.45. The normalized spacial score (nSPS) is 15.3. The van der Waals surface area contributed by atoms with Gasteiger partial charge in [0.1, 0.15) is 0 Å². The number of alkyl halides is 3. The lowest BCUT2D eigenvalue weighted by molar-refractivity contribution is -0.139. The Labute approximate surface area is 212 Å². The molecule has 3 aromatic rings. The van der Waals surface area contributed by atoms with Crippen LogP contribution in [0.5, 0.6) is 0 Å². The van der Waals surface area contributed by atoms with E-state index in [2.05, 4.69) is 36.8 Å². The molecule has 4 rings (SSSR count). The van der Waals surface area contributed by atoms with E-state index in [0.717, 1.165) is 37.0 Å². The molecule has 1 amide bonds. The smallest absolute Gasteiger partial charge is 0.416 e. The number of halogens is 4. The van der Waals surface area contributed by atoms with Gasteiger partial charge < -0.3 is 20.2 Å². The molecule has 1 aliphatic carbocycles. The van der Waals surface area contributed by atoms with Gasteiger partial charge in [0.05, 0.1) is 17.7 Å². The molecule has 2 aromatic carbocycles. The number of carbonyl (C=O) groups excluding carboxylic acids is 1. The number of hydrogen-bond acceptors (Lipinski definition) is 6. The lowest BCUT2D eigenvalue weighted by Crippen LogP contribution is -2.33. The number of amides is 1. The van der Waals surface area contributed by atoms with Crippen molar-refractivity contribution < 1.29 is 32.3 Å². The number of hydrogen-bond donors (Lipinski definition) is 3. The van der Waals surface area contributed by atoms with Crippen molar-refractivity contribution in [3.8, 4) is 0 Å². The first kappa shape index (κ1) is 25.7. The molecule has 1 heterocycles. The van der Waals surface area contributed by atoms with Crippen molar-refractivity contribution in [2.75, 3.05) is 10.6 Å². The van der Waals surface area contributed by atoms with E-state index in [1.165, 1.54) is 6.07 Å². The fourth-order valence-electron chi connectivity index (χ4n) is 4.56. The monoisotopic (exact) mass is 566 g/mol. The summed E-state index contributed by atoms with van der Waals surface area (Å²) in [5.41, 5.74) is 0.0141. The van der Waals surface area contributed by atoms with E-state index in [-0.39, 0.29) is 28.5 Å². The molecule has 1 fully saturated rings. The molecular formula is C24H22BrF3N4O4. The van der Waals surface area contributed by atoms with Gasteiger partial charge in [0.2, 0.25) is 0 Å². The van der Waals surface area contributed by atoms with Crippen molar-refractivity contribution in [2.24, 2.45) is 0 Å². The van der Waals surface area contributed by atoms with Gasteiger partial charge in [-0.25, -0.2) is 0 Å². The Hall–Kier alpha value is -3.41. The van der Waals surface area contributed by atoms with E-state index in [9.17, 15) is 27.9 Å². The van der Waals surface area contributed by atoms with E-state index in [1.54, 1.807) is 18.2 Å². The molecule has 1 saturated carbocycles. The molecular weight excluding hydrogens is 545 g/mol. The fraction of sp³-hybridized carbons (Fsp3) is 0.333. The molecule has 36 heavy (non-hydrogen) atoms. The standard InChI is InChI=1S/C24H22BrF3N4O4/c25-16-12-14(24(26,27)28)8-9-18(16)30-22-32-31-21(36-22)20(35)29-17-7-3-2-6-15(17)23(13-19(33)34)10-4-1-5-11-23/h2-3,6-9,12H,1,4-5,10-11,13H2,(H,29,35)(H,30,32)(H,33,34). The SMILES string of the molecule is O=C(O)CC1(c2ccccc2NC(=O)c2nnc(Nc3ccc(C(F)(F)F)cc3Br)o2)CCCCC1. The van der Waals surface area contributed by atoms with Crippen LogP contribution in [0.3, 0.4) is 0 Å². The summed E-state index contributed by atoms with van der Waals surface area (Å²) < 4.78 is 44.1. The first-order valence-electron chi connectivity index (χ1n) is 11.2. The molecule has 1 aliphatic rings. The van der Waals surface area contributed by atoms with Crippen LogP contribution in [0.25, 0.3) is 0 Å².